The molecule has 3 rings (SSSR count). The van der Waals surface area contributed by atoms with Gasteiger partial charge in [0.25, 0.3) is 0 Å². The first kappa shape index (κ1) is 12.9. The summed E-state index contributed by atoms with van der Waals surface area (Å²) in [5, 5.41) is 3.70. The van der Waals surface area contributed by atoms with Crippen molar-refractivity contribution in [3.05, 3.63) is 47.5 Å². The van der Waals surface area contributed by atoms with E-state index < -0.39 is 0 Å². The second-order valence-corrected chi connectivity index (χ2v) is 5.90. The maximum atomic E-state index is 3.70. The third-order valence-electron chi connectivity index (χ3n) is 4.27. The minimum absolute atomic E-state index is 0.520. The standard InChI is InChI=1S/C17H24N2/c1-14-9-11-19(12-10-14)17(13-18-16-7-8-16)15-5-3-2-4-6-15/h2-6,9,16-18H,7-8,10-13H2,1H3. The Bertz CT molecular complexity index is 434. The molecule has 1 fully saturated rings. The summed E-state index contributed by atoms with van der Waals surface area (Å²) in [6.45, 7) is 5.62. The molecule has 2 nitrogen and oxygen atoms in total. The second-order valence-electron chi connectivity index (χ2n) is 5.90. The molecule has 0 aromatic heterocycles. The molecule has 1 heterocycles. The fourth-order valence-corrected chi connectivity index (χ4v) is 2.77. The molecule has 0 saturated heterocycles. The maximum Gasteiger partial charge on any atom is 0.0476 e. The SMILES string of the molecule is CC1=CCN(C(CNC2CC2)c2ccccc2)CC1. The molecule has 19 heavy (non-hydrogen) atoms. The van der Waals surface area contributed by atoms with Crippen LogP contribution < -0.4 is 5.32 Å². The molecule has 1 aliphatic heterocycles. The van der Waals surface area contributed by atoms with Crippen LogP contribution in [0.25, 0.3) is 0 Å². The number of rotatable bonds is 5. The Morgan fingerprint density at radius 1 is 1.26 bits per heavy atom. The molecule has 1 N–H and O–H groups in total. The van der Waals surface area contributed by atoms with Gasteiger partial charge in [-0.3, -0.25) is 4.90 Å². The van der Waals surface area contributed by atoms with E-state index >= 15 is 0 Å². The van der Waals surface area contributed by atoms with Gasteiger partial charge in [-0.2, -0.15) is 0 Å². The highest BCUT2D eigenvalue weighted by Crippen LogP contribution is 2.26. The summed E-state index contributed by atoms with van der Waals surface area (Å²) < 4.78 is 0. The van der Waals surface area contributed by atoms with Gasteiger partial charge in [-0.15, -0.1) is 0 Å². The van der Waals surface area contributed by atoms with Crippen molar-refractivity contribution in [2.24, 2.45) is 0 Å². The summed E-state index contributed by atoms with van der Waals surface area (Å²) in [5.41, 5.74) is 2.99. The highest BCUT2D eigenvalue weighted by molar-refractivity contribution is 5.21. The lowest BCUT2D eigenvalue weighted by atomic mass is 10.0. The van der Waals surface area contributed by atoms with Crippen LogP contribution in [0.15, 0.2) is 42.0 Å². The van der Waals surface area contributed by atoms with E-state index in [0.717, 1.165) is 19.1 Å². The van der Waals surface area contributed by atoms with Crippen molar-refractivity contribution >= 4 is 0 Å². The zero-order valence-electron chi connectivity index (χ0n) is 11.8. The Hall–Kier alpha value is -1.12. The minimum Gasteiger partial charge on any atom is -0.312 e. The summed E-state index contributed by atoms with van der Waals surface area (Å²) in [6, 6.07) is 12.3. The number of hydrogen-bond acceptors (Lipinski definition) is 2. The summed E-state index contributed by atoms with van der Waals surface area (Å²) in [6.07, 6.45) is 6.32. The summed E-state index contributed by atoms with van der Waals surface area (Å²) in [5.74, 6) is 0. The zero-order chi connectivity index (χ0) is 13.1. The Labute approximate surface area is 116 Å². The average Bonchev–Trinajstić information content (AvgIpc) is 3.26. The Kier molecular flexibility index (Phi) is 4.00. The Balaban J connectivity index is 1.71. The Morgan fingerprint density at radius 2 is 2.05 bits per heavy atom. The molecule has 1 aromatic rings. The molecule has 0 bridgehead atoms. The van der Waals surface area contributed by atoms with Gasteiger partial charge in [-0.25, -0.2) is 0 Å². The summed E-state index contributed by atoms with van der Waals surface area (Å²) in [7, 11) is 0. The monoisotopic (exact) mass is 256 g/mol. The van der Waals surface area contributed by atoms with E-state index in [1.54, 1.807) is 5.57 Å². The highest BCUT2D eigenvalue weighted by Gasteiger charge is 2.26. The first-order valence-electron chi connectivity index (χ1n) is 7.51. The number of benzene rings is 1. The molecule has 2 aliphatic rings. The molecule has 2 heteroatoms. The van der Waals surface area contributed by atoms with Crippen LogP contribution in [-0.4, -0.2) is 30.6 Å². The van der Waals surface area contributed by atoms with Crippen molar-refractivity contribution in [3.8, 4) is 0 Å². The van der Waals surface area contributed by atoms with Crippen LogP contribution >= 0.6 is 0 Å². The molecule has 1 saturated carbocycles. The van der Waals surface area contributed by atoms with E-state index in [1.807, 2.05) is 0 Å². The van der Waals surface area contributed by atoms with E-state index in [0.29, 0.717) is 6.04 Å². The first-order valence-corrected chi connectivity index (χ1v) is 7.51. The fraction of sp³-hybridized carbons (Fsp3) is 0.529. The van der Waals surface area contributed by atoms with Gasteiger partial charge in [0.2, 0.25) is 0 Å². The van der Waals surface area contributed by atoms with Gasteiger partial charge < -0.3 is 5.32 Å². The molecule has 1 aliphatic carbocycles. The minimum atomic E-state index is 0.520. The van der Waals surface area contributed by atoms with Crippen LogP contribution in [0.5, 0.6) is 0 Å². The number of nitrogens with zero attached hydrogens (tertiary/aromatic N) is 1. The van der Waals surface area contributed by atoms with Crippen LogP contribution in [0, 0.1) is 0 Å². The van der Waals surface area contributed by atoms with E-state index in [-0.39, 0.29) is 0 Å². The number of hydrogen-bond donors (Lipinski definition) is 1. The van der Waals surface area contributed by atoms with Crippen molar-refractivity contribution in [2.45, 2.75) is 38.3 Å². The van der Waals surface area contributed by atoms with Gasteiger partial charge in [0, 0.05) is 31.7 Å². The summed E-state index contributed by atoms with van der Waals surface area (Å²) >= 11 is 0. The van der Waals surface area contributed by atoms with Crippen LogP contribution in [0.1, 0.15) is 37.8 Å². The molecule has 0 amide bonds. The van der Waals surface area contributed by atoms with E-state index in [9.17, 15) is 0 Å². The van der Waals surface area contributed by atoms with Gasteiger partial charge in [-0.1, -0.05) is 42.0 Å². The predicted octanol–water partition coefficient (Wildman–Crippen LogP) is 3.13. The van der Waals surface area contributed by atoms with Gasteiger partial charge >= 0.3 is 0 Å². The predicted molar refractivity (Wildman–Crippen MR) is 80.2 cm³/mol. The lowest BCUT2D eigenvalue weighted by Crippen LogP contribution is -2.39. The van der Waals surface area contributed by atoms with Crippen molar-refractivity contribution in [1.29, 1.82) is 0 Å². The largest absolute Gasteiger partial charge is 0.312 e. The maximum absolute atomic E-state index is 3.70. The van der Waals surface area contributed by atoms with E-state index in [1.165, 1.54) is 31.4 Å². The number of nitrogens with one attached hydrogen (secondary N) is 1. The van der Waals surface area contributed by atoms with Crippen LogP contribution in [0.4, 0.5) is 0 Å². The van der Waals surface area contributed by atoms with E-state index in [4.69, 9.17) is 0 Å². The van der Waals surface area contributed by atoms with Crippen molar-refractivity contribution in [3.63, 3.8) is 0 Å². The van der Waals surface area contributed by atoms with Crippen molar-refractivity contribution in [1.82, 2.24) is 10.2 Å². The molecule has 1 unspecified atom stereocenters. The normalized spacial score (nSPS) is 22.1. The Morgan fingerprint density at radius 3 is 2.68 bits per heavy atom. The van der Waals surface area contributed by atoms with Gasteiger partial charge in [0.1, 0.15) is 0 Å². The molecular weight excluding hydrogens is 232 g/mol. The van der Waals surface area contributed by atoms with Gasteiger partial charge in [0.15, 0.2) is 0 Å². The third kappa shape index (κ3) is 3.46. The van der Waals surface area contributed by atoms with Crippen molar-refractivity contribution in [2.75, 3.05) is 19.6 Å². The molecule has 102 valence electrons. The molecular formula is C17H24N2. The molecule has 0 radical (unpaired) electrons. The van der Waals surface area contributed by atoms with Gasteiger partial charge in [0.05, 0.1) is 0 Å². The van der Waals surface area contributed by atoms with Crippen LogP contribution in [-0.2, 0) is 0 Å². The smallest absolute Gasteiger partial charge is 0.0476 e. The highest BCUT2D eigenvalue weighted by atomic mass is 15.2. The quantitative estimate of drug-likeness (QED) is 0.814. The van der Waals surface area contributed by atoms with Gasteiger partial charge in [-0.05, 0) is 31.7 Å². The lowest BCUT2D eigenvalue weighted by molar-refractivity contribution is 0.207. The zero-order valence-corrected chi connectivity index (χ0v) is 11.8. The van der Waals surface area contributed by atoms with Crippen LogP contribution in [0.3, 0.4) is 0 Å². The first-order chi connectivity index (χ1) is 9.33. The molecule has 0 spiro atoms. The summed E-state index contributed by atoms with van der Waals surface area (Å²) in [4.78, 5) is 2.61. The fourth-order valence-electron chi connectivity index (χ4n) is 2.77. The topological polar surface area (TPSA) is 15.3 Å². The van der Waals surface area contributed by atoms with Crippen LogP contribution in [0.2, 0.25) is 0 Å². The molecule has 1 aromatic carbocycles. The second kappa shape index (κ2) is 5.89. The lowest BCUT2D eigenvalue weighted by Gasteiger charge is -2.34. The average molecular weight is 256 g/mol. The third-order valence-corrected chi connectivity index (χ3v) is 4.27. The molecule has 1 atom stereocenters. The van der Waals surface area contributed by atoms with Crippen molar-refractivity contribution < 1.29 is 0 Å². The van der Waals surface area contributed by atoms with E-state index in [2.05, 4.69) is 53.5 Å².